The highest BCUT2D eigenvalue weighted by molar-refractivity contribution is 7.85. The molecule has 1 aliphatic heterocycles. The fourth-order valence-electron chi connectivity index (χ4n) is 3.05. The van der Waals surface area contributed by atoms with Crippen molar-refractivity contribution in [3.63, 3.8) is 0 Å². The molecule has 0 aromatic heterocycles. The zero-order valence-electron chi connectivity index (χ0n) is 16.2. The van der Waals surface area contributed by atoms with Crippen LogP contribution in [-0.2, 0) is 10.1 Å². The van der Waals surface area contributed by atoms with Crippen LogP contribution in [0.4, 0.5) is 4.79 Å². The molecule has 7 nitrogen and oxygen atoms in total. The van der Waals surface area contributed by atoms with Crippen molar-refractivity contribution in [3.8, 4) is 0 Å². The van der Waals surface area contributed by atoms with Crippen LogP contribution < -0.4 is 5.73 Å². The van der Waals surface area contributed by atoms with E-state index in [2.05, 4.69) is 0 Å². The van der Waals surface area contributed by atoms with E-state index in [0.29, 0.717) is 24.5 Å². The van der Waals surface area contributed by atoms with Gasteiger partial charge in [0.15, 0.2) is 0 Å². The van der Waals surface area contributed by atoms with E-state index in [1.807, 2.05) is 32.0 Å². The largest absolute Gasteiger partial charge is 0.465 e. The number of aryl methyl sites for hydroxylation is 2. The Bertz CT molecular complexity index is 963. The van der Waals surface area contributed by atoms with Crippen molar-refractivity contribution in [2.24, 2.45) is 5.73 Å². The van der Waals surface area contributed by atoms with Crippen molar-refractivity contribution < 1.29 is 22.9 Å². The molecule has 1 saturated heterocycles. The Morgan fingerprint density at radius 3 is 2.31 bits per heavy atom. The van der Waals surface area contributed by atoms with Gasteiger partial charge in [-0.05, 0) is 49.6 Å². The van der Waals surface area contributed by atoms with Gasteiger partial charge in [-0.15, -0.1) is 0 Å². The Hall–Kier alpha value is -2.13. The van der Waals surface area contributed by atoms with E-state index in [1.54, 1.807) is 12.1 Å². The number of rotatable bonds is 2. The molecule has 158 valence electrons. The van der Waals surface area contributed by atoms with E-state index in [0.717, 1.165) is 16.7 Å². The van der Waals surface area contributed by atoms with Gasteiger partial charge in [-0.3, -0.25) is 4.55 Å². The van der Waals surface area contributed by atoms with Gasteiger partial charge in [0.05, 0.1) is 4.90 Å². The molecule has 2 atom stereocenters. The molecule has 0 radical (unpaired) electrons. The molecular formula is C20H25ClN2O5S. The summed E-state index contributed by atoms with van der Waals surface area (Å²) in [5, 5.41) is 9.75. The average Bonchev–Trinajstić information content (AvgIpc) is 2.64. The molecule has 4 N–H and O–H groups in total. The first kappa shape index (κ1) is 23.2. The van der Waals surface area contributed by atoms with Gasteiger partial charge >= 0.3 is 6.09 Å². The minimum Gasteiger partial charge on any atom is -0.465 e. The smallest absolute Gasteiger partial charge is 0.407 e. The number of amides is 1. The third-order valence-corrected chi connectivity index (χ3v) is 6.15. The van der Waals surface area contributed by atoms with Crippen molar-refractivity contribution in [2.75, 3.05) is 13.1 Å². The van der Waals surface area contributed by atoms with Gasteiger partial charge in [-0.25, -0.2) is 4.79 Å². The Labute approximate surface area is 175 Å². The summed E-state index contributed by atoms with van der Waals surface area (Å²) < 4.78 is 29.6. The maximum atomic E-state index is 11.0. The summed E-state index contributed by atoms with van der Waals surface area (Å²) >= 11 is 6.11. The number of piperidine rings is 1. The van der Waals surface area contributed by atoms with Crippen LogP contribution in [0.15, 0.2) is 47.4 Å². The number of likely N-dealkylation sites (tertiary alicyclic amines) is 1. The number of benzene rings is 2. The Kier molecular flexibility index (Phi) is 7.65. The van der Waals surface area contributed by atoms with Crippen LogP contribution in [-0.4, -0.2) is 48.2 Å². The van der Waals surface area contributed by atoms with Gasteiger partial charge in [0.2, 0.25) is 0 Å². The second kappa shape index (κ2) is 9.58. The molecule has 1 heterocycles. The minimum absolute atomic E-state index is 0.0145. The van der Waals surface area contributed by atoms with Crippen molar-refractivity contribution in [1.82, 2.24) is 4.90 Å². The zero-order chi connectivity index (χ0) is 21.8. The summed E-state index contributed by atoms with van der Waals surface area (Å²) in [6, 6.07) is 11.8. The lowest BCUT2D eigenvalue weighted by Gasteiger charge is -2.35. The van der Waals surface area contributed by atoms with E-state index >= 15 is 0 Å². The van der Waals surface area contributed by atoms with Gasteiger partial charge < -0.3 is 15.7 Å². The van der Waals surface area contributed by atoms with E-state index < -0.39 is 16.2 Å². The molecule has 0 bridgehead atoms. The quantitative estimate of drug-likeness (QED) is 0.612. The molecule has 1 amide bonds. The van der Waals surface area contributed by atoms with Crippen molar-refractivity contribution in [1.29, 1.82) is 0 Å². The summed E-state index contributed by atoms with van der Waals surface area (Å²) in [4.78, 5) is 12.4. The Balaban J connectivity index is 0.000000234. The summed E-state index contributed by atoms with van der Waals surface area (Å²) in [7, 11) is -4.02. The van der Waals surface area contributed by atoms with Gasteiger partial charge in [0, 0.05) is 30.1 Å². The molecule has 1 aliphatic rings. The Morgan fingerprint density at radius 2 is 1.79 bits per heavy atom. The van der Waals surface area contributed by atoms with E-state index in [1.165, 1.54) is 17.0 Å². The number of nitrogens with two attached hydrogens (primary N) is 1. The maximum absolute atomic E-state index is 11.0. The topological polar surface area (TPSA) is 121 Å². The van der Waals surface area contributed by atoms with Gasteiger partial charge in [0.1, 0.15) is 0 Å². The summed E-state index contributed by atoms with van der Waals surface area (Å²) in [6.07, 6.45) is -0.201. The lowest BCUT2D eigenvalue weighted by molar-refractivity contribution is 0.126. The molecule has 0 saturated carbocycles. The van der Waals surface area contributed by atoms with Crippen LogP contribution in [0.3, 0.4) is 0 Å². The lowest BCUT2D eigenvalue weighted by Crippen LogP contribution is -2.47. The molecule has 9 heteroatoms. The van der Waals surface area contributed by atoms with E-state index in [9.17, 15) is 13.2 Å². The molecule has 3 rings (SSSR count). The SMILES string of the molecule is Cc1ccc(S(=O)(=O)O)cc1.Cc1ccc([C@@H]2CN(C(=O)O)CC[C@H]2N)cc1Cl. The van der Waals surface area contributed by atoms with Crippen molar-refractivity contribution >= 4 is 27.8 Å². The fourth-order valence-corrected chi connectivity index (χ4v) is 3.72. The molecule has 2 aromatic carbocycles. The highest BCUT2D eigenvalue weighted by Crippen LogP contribution is 2.29. The predicted octanol–water partition coefficient (Wildman–Crippen LogP) is 3.68. The van der Waals surface area contributed by atoms with Gasteiger partial charge in [0.25, 0.3) is 10.1 Å². The molecule has 29 heavy (non-hydrogen) atoms. The van der Waals surface area contributed by atoms with Crippen LogP contribution in [0.2, 0.25) is 5.02 Å². The number of hydrogen-bond acceptors (Lipinski definition) is 4. The number of carbonyl (C=O) groups is 1. The van der Waals surface area contributed by atoms with Gasteiger partial charge in [-0.2, -0.15) is 8.42 Å². The van der Waals surface area contributed by atoms with E-state index in [-0.39, 0.29) is 16.9 Å². The number of nitrogens with zero attached hydrogens (tertiary/aromatic N) is 1. The molecule has 0 spiro atoms. The zero-order valence-corrected chi connectivity index (χ0v) is 17.8. The summed E-state index contributed by atoms with van der Waals surface area (Å²) in [5.41, 5.74) is 9.09. The molecule has 1 fully saturated rings. The van der Waals surface area contributed by atoms with Crippen molar-refractivity contribution in [3.05, 3.63) is 64.2 Å². The number of hydrogen-bond donors (Lipinski definition) is 3. The fraction of sp³-hybridized carbons (Fsp3) is 0.350. The number of halogens is 1. The maximum Gasteiger partial charge on any atom is 0.407 e. The molecule has 0 aliphatic carbocycles. The standard InChI is InChI=1S/C13H17ClN2O2.C7H8O3S/c1-8-2-3-9(6-11(8)14)10-7-16(13(17)18)5-4-12(10)15;1-6-2-4-7(5-3-6)11(8,9)10/h2-3,6,10,12H,4-5,7,15H2,1H3,(H,17,18);2-5H,1H3,(H,8,9,10)/t10-,12+;/m0./s1. The second-order valence-corrected chi connectivity index (χ2v) is 8.91. The molecule has 2 aromatic rings. The monoisotopic (exact) mass is 440 g/mol. The average molecular weight is 441 g/mol. The predicted molar refractivity (Wildman–Crippen MR) is 112 cm³/mol. The van der Waals surface area contributed by atoms with Gasteiger partial charge in [-0.1, -0.05) is 41.4 Å². The molecule has 0 unspecified atom stereocenters. The number of carboxylic acid groups (broad SMARTS) is 1. The highest BCUT2D eigenvalue weighted by Gasteiger charge is 2.30. The lowest BCUT2D eigenvalue weighted by atomic mass is 9.86. The molecular weight excluding hydrogens is 416 g/mol. The normalized spacial score (nSPS) is 19.3. The highest BCUT2D eigenvalue weighted by atomic mass is 35.5. The first-order valence-electron chi connectivity index (χ1n) is 9.02. The third kappa shape index (κ3) is 6.43. The first-order chi connectivity index (χ1) is 13.5. The van der Waals surface area contributed by atoms with Crippen LogP contribution in [0.5, 0.6) is 0 Å². The van der Waals surface area contributed by atoms with Crippen LogP contribution in [0.1, 0.15) is 29.0 Å². The van der Waals surface area contributed by atoms with Crippen LogP contribution in [0, 0.1) is 13.8 Å². The second-order valence-electron chi connectivity index (χ2n) is 7.08. The minimum atomic E-state index is -4.02. The summed E-state index contributed by atoms with van der Waals surface area (Å²) in [6.45, 7) is 4.73. The van der Waals surface area contributed by atoms with Crippen LogP contribution >= 0.6 is 11.6 Å². The summed E-state index contributed by atoms with van der Waals surface area (Å²) in [5.74, 6) is 0.0212. The van der Waals surface area contributed by atoms with Crippen LogP contribution in [0.25, 0.3) is 0 Å². The van der Waals surface area contributed by atoms with E-state index in [4.69, 9.17) is 27.0 Å². The first-order valence-corrected chi connectivity index (χ1v) is 10.8. The van der Waals surface area contributed by atoms with Crippen molar-refractivity contribution in [2.45, 2.75) is 37.1 Å². The Morgan fingerprint density at radius 1 is 1.17 bits per heavy atom. The third-order valence-electron chi connectivity index (χ3n) is 4.88.